The molecule has 0 spiro atoms. The summed E-state index contributed by atoms with van der Waals surface area (Å²) in [6.45, 7) is 0.833. The molecule has 0 bridgehead atoms. The second kappa shape index (κ2) is 13.2. The number of phenols is 1. The van der Waals surface area contributed by atoms with Gasteiger partial charge in [-0.15, -0.1) is 11.8 Å². The molecule has 4 amide bonds. The Morgan fingerprint density at radius 3 is 2.51 bits per heavy atom. The van der Waals surface area contributed by atoms with Gasteiger partial charge in [0.05, 0.1) is 17.9 Å². The average molecular weight is 621 g/mol. The number of fused-ring (bicyclic) bond motifs is 1. The number of hydrogen-bond donors (Lipinski definition) is 5. The molecule has 3 atom stereocenters. The first-order chi connectivity index (χ1) is 20.0. The van der Waals surface area contributed by atoms with Gasteiger partial charge in [-0.1, -0.05) is 12.1 Å². The number of phenolic OH excluding ortho intramolecular Hbond substituents is 1. The number of hydrogen-bond acceptors (Lipinski definition) is 11. The maximum atomic E-state index is 13.4. The smallest absolute Gasteiger partial charge is 0.543 e. The van der Waals surface area contributed by atoms with Crippen molar-refractivity contribution >= 4 is 47.2 Å². The fourth-order valence-electron chi connectivity index (χ4n) is 4.53. The number of carboxylic acids is 1. The minimum absolute atomic E-state index is 0. The molecule has 1 unspecified atom stereocenters. The summed E-state index contributed by atoms with van der Waals surface area (Å²) in [5.41, 5.74) is -0.701. The normalized spacial score (nSPS) is 19.7. The van der Waals surface area contributed by atoms with Gasteiger partial charge in [-0.25, -0.2) is 9.78 Å². The minimum atomic E-state index is -1.63. The number of nitrogens with zero attached hydrogens (tertiary/aromatic N) is 2. The summed E-state index contributed by atoms with van der Waals surface area (Å²) in [4.78, 5) is 82.4. The molecule has 43 heavy (non-hydrogen) atoms. The van der Waals surface area contributed by atoms with Crippen LogP contribution < -0.4 is 56.2 Å². The van der Waals surface area contributed by atoms with Gasteiger partial charge in [0.2, 0.25) is 5.91 Å². The summed E-state index contributed by atoms with van der Waals surface area (Å²) in [5.74, 6) is -3.07. The van der Waals surface area contributed by atoms with Gasteiger partial charge in [0.1, 0.15) is 41.3 Å². The number of rotatable bonds is 9. The number of aliphatic carboxylic acids is 1. The molecule has 3 heterocycles. The molecule has 5 rings (SSSR count). The van der Waals surface area contributed by atoms with Crippen LogP contribution in [0.15, 0.2) is 46.5 Å². The molecule has 2 aliphatic heterocycles. The van der Waals surface area contributed by atoms with Crippen LogP contribution >= 0.6 is 11.8 Å². The topological polar surface area (TPSA) is 223 Å². The largest absolute Gasteiger partial charge is 1.00 e. The number of amides is 4. The van der Waals surface area contributed by atoms with Gasteiger partial charge in [-0.05, 0) is 30.5 Å². The van der Waals surface area contributed by atoms with E-state index in [2.05, 4.69) is 25.9 Å². The summed E-state index contributed by atoms with van der Waals surface area (Å²) in [6, 6.07) is 1.95. The van der Waals surface area contributed by atoms with Crippen molar-refractivity contribution in [3.63, 3.8) is 0 Å². The number of β-lactam (4-membered cyclic amide) rings is 1. The molecule has 2 aromatic rings. The Kier molecular flexibility index (Phi) is 9.84. The number of anilines is 1. The van der Waals surface area contributed by atoms with Crippen molar-refractivity contribution in [3.05, 3.63) is 63.5 Å². The SMILES string of the molecule is CC(=O)OCC1=C(C(=O)[O-])N2C(=O)C(NC(=O)[C@H](NC(=O)Nc3cnc(C4CC4)[nH]c3=O)c3ccc(O)cc3)[C@H]2SC1.[Na+]. The first-order valence-corrected chi connectivity index (χ1v) is 13.9. The Bertz CT molecular complexity index is 1560. The Hall–Kier alpha value is -3.86. The Balaban J connectivity index is 0.00000423. The Morgan fingerprint density at radius 1 is 1.21 bits per heavy atom. The number of carboxylic acid groups (broad SMARTS) is 1. The van der Waals surface area contributed by atoms with Crippen LogP contribution in [0.25, 0.3) is 0 Å². The number of aromatic nitrogens is 2. The van der Waals surface area contributed by atoms with Crippen LogP contribution in [0.2, 0.25) is 0 Å². The zero-order valence-corrected chi connectivity index (χ0v) is 25.9. The number of H-pyrrole nitrogens is 1. The summed E-state index contributed by atoms with van der Waals surface area (Å²) in [6.07, 6.45) is 3.06. The van der Waals surface area contributed by atoms with E-state index >= 15 is 0 Å². The van der Waals surface area contributed by atoms with Gasteiger partial charge < -0.3 is 40.7 Å². The van der Waals surface area contributed by atoms with Gasteiger partial charge in [-0.2, -0.15) is 0 Å². The van der Waals surface area contributed by atoms with Crippen molar-refractivity contribution in [3.8, 4) is 5.75 Å². The van der Waals surface area contributed by atoms with Crippen molar-refractivity contribution in [2.24, 2.45) is 0 Å². The van der Waals surface area contributed by atoms with Crippen molar-refractivity contribution < 1.29 is 68.5 Å². The number of benzene rings is 1. The quantitative estimate of drug-likeness (QED) is 0.104. The molecule has 1 aromatic carbocycles. The van der Waals surface area contributed by atoms with Crippen molar-refractivity contribution in [1.82, 2.24) is 25.5 Å². The van der Waals surface area contributed by atoms with Gasteiger partial charge in [0.25, 0.3) is 11.5 Å². The maximum absolute atomic E-state index is 13.4. The molecule has 1 aliphatic carbocycles. The number of aromatic amines is 1. The molecular formula is C26H25N6NaO9S. The molecule has 15 nitrogen and oxygen atoms in total. The first-order valence-electron chi connectivity index (χ1n) is 12.8. The number of aromatic hydroxyl groups is 1. The van der Waals surface area contributed by atoms with E-state index in [-0.39, 0.29) is 70.4 Å². The van der Waals surface area contributed by atoms with Crippen LogP contribution in [0.5, 0.6) is 5.75 Å². The second-order valence-electron chi connectivity index (χ2n) is 9.82. The van der Waals surface area contributed by atoms with Gasteiger partial charge in [-0.3, -0.25) is 24.1 Å². The molecule has 2 fully saturated rings. The number of carbonyl (C=O) groups is 5. The second-order valence-corrected chi connectivity index (χ2v) is 10.9. The molecule has 3 aliphatic rings. The van der Waals surface area contributed by atoms with E-state index in [0.29, 0.717) is 5.82 Å². The van der Waals surface area contributed by atoms with E-state index in [0.717, 1.165) is 36.4 Å². The molecular weight excluding hydrogens is 595 g/mol. The first kappa shape index (κ1) is 32.1. The van der Waals surface area contributed by atoms with Crippen LogP contribution in [0, 0.1) is 0 Å². The molecule has 0 radical (unpaired) electrons. The summed E-state index contributed by atoms with van der Waals surface area (Å²) >= 11 is 1.15. The van der Waals surface area contributed by atoms with Crippen LogP contribution in [0.3, 0.4) is 0 Å². The van der Waals surface area contributed by atoms with Gasteiger partial charge >= 0.3 is 41.6 Å². The third-order valence-corrected chi connectivity index (χ3v) is 8.12. The van der Waals surface area contributed by atoms with Crippen molar-refractivity contribution in [2.75, 3.05) is 17.7 Å². The summed E-state index contributed by atoms with van der Waals surface area (Å²) < 4.78 is 4.89. The molecule has 220 valence electrons. The number of esters is 1. The summed E-state index contributed by atoms with van der Waals surface area (Å²) in [5, 5.41) is 28.1. The number of thioether (sulfide) groups is 1. The molecule has 5 N–H and O–H groups in total. The average Bonchev–Trinajstić information content (AvgIpc) is 3.80. The van der Waals surface area contributed by atoms with Gasteiger partial charge in [0.15, 0.2) is 0 Å². The number of urea groups is 1. The number of ether oxygens (including phenoxy) is 1. The van der Waals surface area contributed by atoms with Crippen molar-refractivity contribution in [2.45, 2.75) is 43.1 Å². The fourth-order valence-corrected chi connectivity index (χ4v) is 5.85. The van der Waals surface area contributed by atoms with E-state index in [1.54, 1.807) is 0 Å². The van der Waals surface area contributed by atoms with E-state index in [4.69, 9.17) is 4.74 Å². The number of nitrogens with one attached hydrogen (secondary N) is 4. The zero-order valence-electron chi connectivity index (χ0n) is 23.0. The van der Waals surface area contributed by atoms with Crippen LogP contribution in [0.1, 0.15) is 43.1 Å². The van der Waals surface area contributed by atoms with Crippen molar-refractivity contribution in [1.29, 1.82) is 0 Å². The van der Waals surface area contributed by atoms with Crippen LogP contribution in [0.4, 0.5) is 10.5 Å². The Morgan fingerprint density at radius 2 is 1.91 bits per heavy atom. The monoisotopic (exact) mass is 620 g/mol. The van der Waals surface area contributed by atoms with E-state index in [9.17, 15) is 39.0 Å². The molecule has 17 heteroatoms. The standard InChI is InChI=1S/C26H26N6O9S.Na/c1-11(33)41-9-14-10-42-24-18(23(37)32(24)19(14)25(38)39)29-22(36)17(12-4-6-15(34)7-5-12)30-26(40)28-16-8-27-20(13-2-3-13)31-21(16)35;/h4-8,13,17-18,24,34H,2-3,9-10H2,1H3,(H,29,36)(H,38,39)(H,27,31,35)(H2,28,30,40);/q;+1/p-1/t17-,18?,24-;/m1./s1. The van der Waals surface area contributed by atoms with Crippen LogP contribution in [-0.2, 0) is 23.9 Å². The zero-order chi connectivity index (χ0) is 30.1. The molecule has 1 saturated heterocycles. The molecule has 1 aromatic heterocycles. The predicted molar refractivity (Wildman–Crippen MR) is 144 cm³/mol. The summed E-state index contributed by atoms with van der Waals surface area (Å²) in [7, 11) is 0. The van der Waals surface area contributed by atoms with E-state index in [1.807, 2.05) is 0 Å². The third kappa shape index (κ3) is 7.04. The van der Waals surface area contributed by atoms with E-state index in [1.165, 1.54) is 30.5 Å². The fraction of sp³-hybridized carbons (Fsp3) is 0.346. The maximum Gasteiger partial charge on any atom is 1.00 e. The third-order valence-electron chi connectivity index (χ3n) is 6.78. The minimum Gasteiger partial charge on any atom is -0.543 e. The van der Waals surface area contributed by atoms with E-state index < -0.39 is 58.5 Å². The van der Waals surface area contributed by atoms with Crippen LogP contribution in [-0.4, -0.2) is 73.5 Å². The molecule has 1 saturated carbocycles. The number of carbonyl (C=O) groups excluding carboxylic acids is 5. The Labute approximate surface area is 270 Å². The predicted octanol–water partition coefficient (Wildman–Crippen LogP) is -3.81. The van der Waals surface area contributed by atoms with Gasteiger partial charge in [0, 0.05) is 24.2 Å².